The highest BCUT2D eigenvalue weighted by Crippen LogP contribution is 2.76. The van der Waals surface area contributed by atoms with E-state index in [2.05, 4.69) is 30.7 Å². The summed E-state index contributed by atoms with van der Waals surface area (Å²) in [6, 6.07) is 0. The predicted molar refractivity (Wildman–Crippen MR) is 285 cm³/mol. The Labute approximate surface area is 502 Å². The van der Waals surface area contributed by atoms with Gasteiger partial charge < -0.3 is 108 Å². The molecule has 0 radical (unpaired) electrons. The van der Waals surface area contributed by atoms with Crippen LogP contribution in [0.4, 0.5) is 0 Å². The lowest BCUT2D eigenvalue weighted by Gasteiger charge is -2.64. The SMILES string of the molecule is C=C(C)[C@H]1[C@@H]2C[C@@]3(C)C4=CC[C@H]5C(C)(C)[C@@H](O[C@@H]6OC[C@@H](OS(=O)(=O)O)[C@H](O)[C@H]6O[C@@H]6O[C@H](C)[C@@H](O[C@@H]7O[C@H](COS(=O)(=O)O)[C@@H](O)[C@H](O[C@@H]8OC[C@@H](O)[C@H](OC)[C@H]8O)[C@H]7O)[C@H](O)[C@H]6O[C@@H]6O[C@H](CO)[C@@H](O)[C@H](O)[C@H]6O)CC[C@]5(C)[C@H]4CC[C@]13C(=O)O2. The van der Waals surface area contributed by atoms with Crippen LogP contribution in [0.15, 0.2) is 23.8 Å². The fourth-order valence-corrected chi connectivity index (χ4v) is 17.3. The van der Waals surface area contributed by atoms with Gasteiger partial charge in [-0.1, -0.05) is 51.5 Å². The zero-order valence-corrected chi connectivity index (χ0v) is 50.6. The fourth-order valence-electron chi connectivity index (χ4n) is 16.5. The number of esters is 1. The van der Waals surface area contributed by atoms with Crippen molar-refractivity contribution in [2.45, 2.75) is 234 Å². The lowest BCUT2D eigenvalue weighted by Crippen LogP contribution is -2.68. The van der Waals surface area contributed by atoms with Crippen molar-refractivity contribution >= 4 is 26.8 Å². The average Bonchev–Trinajstić information content (AvgIpc) is 1.56. The minimum Gasteiger partial charge on any atom is -0.461 e. The van der Waals surface area contributed by atoms with E-state index >= 15 is 0 Å². The van der Waals surface area contributed by atoms with E-state index in [1.165, 1.54) is 19.6 Å². The molecule has 0 unspecified atom stereocenters. The van der Waals surface area contributed by atoms with Crippen LogP contribution in [-0.2, 0) is 90.8 Å². The molecule has 31 nitrogen and oxygen atoms in total. The van der Waals surface area contributed by atoms with Gasteiger partial charge in [0.15, 0.2) is 31.5 Å². The second-order valence-electron chi connectivity index (χ2n) is 26.1. The third-order valence-electron chi connectivity index (χ3n) is 20.8. The number of aliphatic hydroxyl groups is 10. The molecule has 6 aliphatic heterocycles. The monoisotopic (exact) mass is 1290 g/mol. The van der Waals surface area contributed by atoms with Crippen LogP contribution < -0.4 is 0 Å². The molecule has 0 amide bonds. The third-order valence-corrected chi connectivity index (χ3v) is 21.7. The van der Waals surface area contributed by atoms with E-state index < -0.39 is 211 Å². The molecule has 12 N–H and O–H groups in total. The van der Waals surface area contributed by atoms with Crippen LogP contribution in [-0.4, -0.2) is 270 Å². The largest absolute Gasteiger partial charge is 0.461 e. The molecule has 0 aromatic heterocycles. The van der Waals surface area contributed by atoms with Gasteiger partial charge in [-0.05, 0) is 75.0 Å². The number of hydrogen-bond donors (Lipinski definition) is 12. The van der Waals surface area contributed by atoms with Crippen molar-refractivity contribution in [3.05, 3.63) is 23.8 Å². The lowest BCUT2D eigenvalue weighted by molar-refractivity contribution is -0.405. The number of fused-ring (bicyclic) bond motifs is 5. The Hall–Kier alpha value is -2.15. The van der Waals surface area contributed by atoms with Gasteiger partial charge >= 0.3 is 26.8 Å². The number of carbonyl (C=O) groups excluding carboxylic acids is 1. The highest BCUT2D eigenvalue weighted by Gasteiger charge is 2.76. The van der Waals surface area contributed by atoms with E-state index in [0.717, 1.165) is 12.0 Å². The van der Waals surface area contributed by atoms with Gasteiger partial charge in [0.05, 0.1) is 44.1 Å². The Kier molecular flexibility index (Phi) is 19.4. The maximum atomic E-state index is 13.9. The van der Waals surface area contributed by atoms with Crippen molar-refractivity contribution in [2.75, 3.05) is 33.5 Å². The minimum absolute atomic E-state index is 0.0430. The fraction of sp³-hybridized carbons (Fsp3) is 0.907. The number of allylic oxidation sites excluding steroid dienone is 2. The molecule has 3 saturated carbocycles. The van der Waals surface area contributed by atoms with Gasteiger partial charge in [-0.15, -0.1) is 0 Å². The molecule has 4 aliphatic carbocycles. The maximum absolute atomic E-state index is 13.9. The van der Waals surface area contributed by atoms with Crippen LogP contribution in [0.1, 0.15) is 80.1 Å². The zero-order chi connectivity index (χ0) is 63.6. The minimum atomic E-state index is -5.30. The quantitative estimate of drug-likeness (QED) is 0.0365. The van der Waals surface area contributed by atoms with Gasteiger partial charge in [-0.3, -0.25) is 13.9 Å². The van der Waals surface area contributed by atoms with E-state index in [-0.39, 0.29) is 35.2 Å². The Morgan fingerprint density at radius 3 is 1.95 bits per heavy atom. The summed E-state index contributed by atoms with van der Waals surface area (Å²) in [4.78, 5) is 13.9. The van der Waals surface area contributed by atoms with Crippen molar-refractivity contribution in [1.29, 1.82) is 0 Å². The summed E-state index contributed by atoms with van der Waals surface area (Å²) in [5, 5.41) is 112. The summed E-state index contributed by atoms with van der Waals surface area (Å²) in [6.45, 7) is 12.8. The van der Waals surface area contributed by atoms with Crippen LogP contribution in [0.2, 0.25) is 0 Å². The number of aliphatic hydroxyl groups excluding tert-OH is 10. The molecule has 0 aromatic rings. The Morgan fingerprint density at radius 2 is 1.30 bits per heavy atom. The van der Waals surface area contributed by atoms with E-state index in [4.69, 9.17) is 61.0 Å². The molecule has 10 aliphatic rings. The molecule has 9 fully saturated rings. The molecule has 33 heteroatoms. The van der Waals surface area contributed by atoms with Gasteiger partial charge in [0.25, 0.3) is 0 Å². The van der Waals surface area contributed by atoms with Crippen LogP contribution >= 0.6 is 0 Å². The second kappa shape index (κ2) is 25.0. The molecule has 498 valence electrons. The first-order valence-corrected chi connectivity index (χ1v) is 31.9. The molecule has 2 bridgehead atoms. The number of hydrogen-bond acceptors (Lipinski definition) is 29. The number of rotatable bonds is 18. The normalized spacial score (nSPS) is 50.7. The maximum Gasteiger partial charge on any atom is 0.397 e. The van der Waals surface area contributed by atoms with Crippen molar-refractivity contribution < 1.29 is 147 Å². The summed E-state index contributed by atoms with van der Waals surface area (Å²) >= 11 is 0. The van der Waals surface area contributed by atoms with E-state index in [1.54, 1.807) is 0 Å². The van der Waals surface area contributed by atoms with Crippen molar-refractivity contribution in [3.8, 4) is 0 Å². The molecular formula is C54H84O31S2. The van der Waals surface area contributed by atoms with Gasteiger partial charge in [0.2, 0.25) is 0 Å². The van der Waals surface area contributed by atoms with Crippen molar-refractivity contribution in [2.24, 2.45) is 39.4 Å². The molecule has 6 saturated heterocycles. The van der Waals surface area contributed by atoms with Crippen LogP contribution in [0.25, 0.3) is 0 Å². The first-order chi connectivity index (χ1) is 40.6. The predicted octanol–water partition coefficient (Wildman–Crippen LogP) is -3.22. The molecule has 31 atom stereocenters. The van der Waals surface area contributed by atoms with Gasteiger partial charge in [-0.2, -0.15) is 16.8 Å². The molecule has 87 heavy (non-hydrogen) atoms. The summed E-state index contributed by atoms with van der Waals surface area (Å²) in [5.41, 5.74) is 0.00968. The second-order valence-corrected chi connectivity index (χ2v) is 28.2. The third kappa shape index (κ3) is 12.1. The Bertz CT molecular complexity index is 2760. The molecular weight excluding hydrogens is 1210 g/mol. The molecule has 10 rings (SSSR count). The number of methoxy groups -OCH3 is 1. The topological polar surface area (TPSA) is 457 Å². The first kappa shape index (κ1) is 67.7. The molecule has 1 spiro atoms. The first-order valence-electron chi connectivity index (χ1n) is 29.2. The lowest BCUT2D eigenvalue weighted by atomic mass is 9.40. The molecule has 0 aromatic carbocycles. The summed E-state index contributed by atoms with van der Waals surface area (Å²) in [7, 11) is -9.36. The van der Waals surface area contributed by atoms with E-state index in [9.17, 15) is 81.8 Å². The van der Waals surface area contributed by atoms with Crippen molar-refractivity contribution in [1.82, 2.24) is 0 Å². The van der Waals surface area contributed by atoms with Gasteiger partial charge in [0, 0.05) is 18.4 Å². The van der Waals surface area contributed by atoms with E-state index in [0.29, 0.717) is 32.1 Å². The average molecular weight is 1290 g/mol. The summed E-state index contributed by atoms with van der Waals surface area (Å²) in [6.07, 6.45) is -38.4. The van der Waals surface area contributed by atoms with Crippen LogP contribution in [0.5, 0.6) is 0 Å². The highest BCUT2D eigenvalue weighted by molar-refractivity contribution is 7.81. The van der Waals surface area contributed by atoms with Gasteiger partial charge in [0.1, 0.15) is 110 Å². The van der Waals surface area contributed by atoms with E-state index in [1.807, 2.05) is 20.8 Å². The smallest absolute Gasteiger partial charge is 0.397 e. The number of ether oxygens (including phenoxy) is 12. The summed E-state index contributed by atoms with van der Waals surface area (Å²) < 4.78 is 148. The number of carbonyl (C=O) groups is 1. The van der Waals surface area contributed by atoms with Gasteiger partial charge in [-0.25, -0.2) is 8.37 Å². The standard InChI is InChI=1S/C54H84O31S2/c1-20(2)31-25-15-53(7)23-9-10-29-51(4,5)30(12-13-52(29,6)22(23)11-14-54(31,53)50(65)79-25)80-48-43(34(59)28(18-74-48)85-87(69,70)71)84-49-44(83-46-36(61)35(60)32(57)26(16-55)77-46)37(62)40(21(3)76-49)81-47-39(64)42(33(58)27(78-47)19-75-86(66,67)68)82-45-38(63)41(72-8)24(56)17-73-45/h9,21-22,24-49,55-64H,1,10-19H2,2-8H3,(H,66,67,68)(H,69,70,71)/t21-,22+,24-,25+,26-,27-,28-,29+,30+,31+,32-,33-,34+,35+,36-,37+,38-,39-,40-,41+,42+,43-,44-,45+,46+,47+,48+,49+,52-,53+,54-/m1/s1. The van der Waals surface area contributed by atoms with Crippen LogP contribution in [0, 0.1) is 39.4 Å². The summed E-state index contributed by atoms with van der Waals surface area (Å²) in [5.74, 6) is -0.221. The van der Waals surface area contributed by atoms with Crippen LogP contribution in [0.3, 0.4) is 0 Å². The Balaban J connectivity index is 0.936. The molecule has 6 heterocycles. The highest BCUT2D eigenvalue weighted by atomic mass is 32.3. The Morgan fingerprint density at radius 1 is 0.678 bits per heavy atom. The van der Waals surface area contributed by atoms with Crippen molar-refractivity contribution in [3.63, 3.8) is 0 Å². The zero-order valence-electron chi connectivity index (χ0n) is 49.0.